The van der Waals surface area contributed by atoms with Crippen molar-refractivity contribution in [3.63, 3.8) is 0 Å². The Morgan fingerprint density at radius 2 is 2.00 bits per heavy atom. The zero-order valence-electron chi connectivity index (χ0n) is 11.4. The van der Waals surface area contributed by atoms with Crippen LogP contribution in [-0.4, -0.2) is 12.2 Å². The van der Waals surface area contributed by atoms with E-state index < -0.39 is 5.54 Å². The van der Waals surface area contributed by atoms with Crippen molar-refractivity contribution in [2.45, 2.75) is 56.6 Å². The van der Waals surface area contributed by atoms with E-state index in [0.29, 0.717) is 11.3 Å². The second-order valence-corrected chi connectivity index (χ2v) is 5.75. The van der Waals surface area contributed by atoms with Gasteiger partial charge in [0, 0.05) is 5.56 Å². The molecule has 0 heterocycles. The predicted octanol–water partition coefficient (Wildman–Crippen LogP) is 3.86. The Kier molecular flexibility index (Phi) is 3.58. The second kappa shape index (κ2) is 5.37. The van der Waals surface area contributed by atoms with Crippen molar-refractivity contribution in [1.29, 1.82) is 0 Å². The number of halogens is 1. The third-order valence-corrected chi connectivity index (χ3v) is 4.48. The highest BCUT2D eigenvalue weighted by molar-refractivity contribution is 5.45. The van der Waals surface area contributed by atoms with Crippen molar-refractivity contribution >= 4 is 6.08 Å². The minimum Gasteiger partial charge on any atom is -0.490 e. The number of hydrogen-bond donors (Lipinski definition) is 0. The van der Waals surface area contributed by atoms with Gasteiger partial charge < -0.3 is 4.74 Å². The number of benzene rings is 1. The van der Waals surface area contributed by atoms with Crippen LogP contribution < -0.4 is 4.74 Å². The van der Waals surface area contributed by atoms with Crippen molar-refractivity contribution in [3.05, 3.63) is 29.6 Å². The molecule has 2 aliphatic carbocycles. The summed E-state index contributed by atoms with van der Waals surface area (Å²) in [5, 5.41) is 0. The van der Waals surface area contributed by atoms with E-state index in [1.54, 1.807) is 12.1 Å². The van der Waals surface area contributed by atoms with Gasteiger partial charge in [0.25, 0.3) is 0 Å². The first-order chi connectivity index (χ1) is 9.73. The maximum absolute atomic E-state index is 13.6. The summed E-state index contributed by atoms with van der Waals surface area (Å²) in [6.45, 7) is 0. The van der Waals surface area contributed by atoms with Crippen LogP contribution in [0.2, 0.25) is 0 Å². The average molecular weight is 275 g/mol. The monoisotopic (exact) mass is 275 g/mol. The lowest BCUT2D eigenvalue weighted by molar-refractivity contribution is 0.117. The maximum Gasteiger partial charge on any atom is 0.235 e. The molecule has 0 aromatic heterocycles. The van der Waals surface area contributed by atoms with Gasteiger partial charge in [0.05, 0.1) is 6.10 Å². The molecule has 1 aromatic carbocycles. The van der Waals surface area contributed by atoms with Crippen LogP contribution in [0.1, 0.15) is 50.5 Å². The molecule has 1 aromatic rings. The number of nitrogens with zero attached hydrogens (tertiary/aromatic N) is 1. The van der Waals surface area contributed by atoms with E-state index >= 15 is 0 Å². The van der Waals surface area contributed by atoms with Crippen molar-refractivity contribution in [3.8, 4) is 5.75 Å². The van der Waals surface area contributed by atoms with Crippen LogP contribution in [0.5, 0.6) is 5.75 Å². The van der Waals surface area contributed by atoms with E-state index in [-0.39, 0.29) is 11.9 Å². The Morgan fingerprint density at radius 3 is 2.60 bits per heavy atom. The molecule has 0 N–H and O–H groups in total. The third-order valence-electron chi connectivity index (χ3n) is 4.48. The Morgan fingerprint density at radius 1 is 1.25 bits per heavy atom. The zero-order chi connectivity index (χ0) is 14.0. The lowest BCUT2D eigenvalue weighted by Gasteiger charge is -2.31. The Bertz CT molecular complexity index is 541. The van der Waals surface area contributed by atoms with Crippen LogP contribution in [0.4, 0.5) is 4.39 Å². The van der Waals surface area contributed by atoms with Gasteiger partial charge in [-0.05, 0) is 50.3 Å². The van der Waals surface area contributed by atoms with Gasteiger partial charge in [-0.1, -0.05) is 12.8 Å². The summed E-state index contributed by atoms with van der Waals surface area (Å²) >= 11 is 0. The molecule has 0 spiro atoms. The first-order valence-electron chi connectivity index (χ1n) is 7.29. The Hall–Kier alpha value is -1.67. The molecule has 0 aliphatic heterocycles. The van der Waals surface area contributed by atoms with E-state index in [4.69, 9.17) is 4.74 Å². The summed E-state index contributed by atoms with van der Waals surface area (Å²) < 4.78 is 19.6. The van der Waals surface area contributed by atoms with Crippen LogP contribution in [-0.2, 0) is 10.3 Å². The van der Waals surface area contributed by atoms with Gasteiger partial charge in [-0.15, -0.1) is 0 Å². The molecular weight excluding hydrogens is 257 g/mol. The summed E-state index contributed by atoms with van der Waals surface area (Å²) in [6, 6.07) is 4.55. The van der Waals surface area contributed by atoms with Gasteiger partial charge in [0.1, 0.15) is 17.1 Å². The largest absolute Gasteiger partial charge is 0.490 e. The third kappa shape index (κ3) is 2.36. The molecule has 0 amide bonds. The highest BCUT2D eigenvalue weighted by Crippen LogP contribution is 2.46. The number of ether oxygens (including phenoxy) is 1. The normalized spacial score (nSPS) is 21.1. The molecule has 2 aliphatic rings. The van der Waals surface area contributed by atoms with Crippen LogP contribution in [0.3, 0.4) is 0 Å². The molecule has 20 heavy (non-hydrogen) atoms. The topological polar surface area (TPSA) is 38.7 Å². The molecule has 0 unspecified atom stereocenters. The van der Waals surface area contributed by atoms with Crippen LogP contribution in [0, 0.1) is 5.82 Å². The zero-order valence-corrected chi connectivity index (χ0v) is 11.4. The molecule has 0 radical (unpaired) electrons. The molecule has 2 saturated carbocycles. The molecule has 4 heteroatoms. The van der Waals surface area contributed by atoms with Gasteiger partial charge in [-0.3, -0.25) is 0 Å². The quantitative estimate of drug-likeness (QED) is 0.618. The van der Waals surface area contributed by atoms with Crippen molar-refractivity contribution < 1.29 is 13.9 Å². The SMILES string of the molecule is O=C=NC1(c2cc(F)ccc2OC2CCC2)CCCC1. The van der Waals surface area contributed by atoms with Gasteiger partial charge in [-0.25, -0.2) is 9.18 Å². The second-order valence-electron chi connectivity index (χ2n) is 5.75. The summed E-state index contributed by atoms with van der Waals surface area (Å²) in [4.78, 5) is 14.8. The van der Waals surface area contributed by atoms with E-state index in [2.05, 4.69) is 4.99 Å². The standard InChI is InChI=1S/C16H18FNO2/c17-12-6-7-15(20-13-4-3-5-13)14(10-12)16(18-11-19)8-1-2-9-16/h6-7,10,13H,1-5,8-9H2. The lowest BCUT2D eigenvalue weighted by atomic mass is 9.87. The fourth-order valence-corrected chi connectivity index (χ4v) is 3.13. The summed E-state index contributed by atoms with van der Waals surface area (Å²) in [5.74, 6) is 0.366. The van der Waals surface area contributed by atoms with Gasteiger partial charge in [-0.2, -0.15) is 4.99 Å². The van der Waals surface area contributed by atoms with Crippen LogP contribution in [0.25, 0.3) is 0 Å². The summed E-state index contributed by atoms with van der Waals surface area (Å²) in [6.07, 6.45) is 8.65. The molecule has 3 nitrogen and oxygen atoms in total. The highest BCUT2D eigenvalue weighted by atomic mass is 19.1. The van der Waals surface area contributed by atoms with Crippen LogP contribution in [0.15, 0.2) is 23.2 Å². The van der Waals surface area contributed by atoms with E-state index in [1.165, 1.54) is 18.6 Å². The number of hydrogen-bond acceptors (Lipinski definition) is 3. The van der Waals surface area contributed by atoms with Crippen LogP contribution >= 0.6 is 0 Å². The van der Waals surface area contributed by atoms with Crippen molar-refractivity contribution in [2.24, 2.45) is 4.99 Å². The Balaban J connectivity index is 2.00. The fraction of sp³-hybridized carbons (Fsp3) is 0.562. The average Bonchev–Trinajstić information content (AvgIpc) is 2.85. The molecule has 106 valence electrons. The molecule has 2 fully saturated rings. The predicted molar refractivity (Wildman–Crippen MR) is 72.9 cm³/mol. The molecule has 0 atom stereocenters. The molecular formula is C16H18FNO2. The first kappa shape index (κ1) is 13.3. The fourth-order valence-electron chi connectivity index (χ4n) is 3.13. The number of aliphatic imine (C=N–C) groups is 1. The van der Waals surface area contributed by atoms with Gasteiger partial charge >= 0.3 is 0 Å². The summed E-state index contributed by atoms with van der Waals surface area (Å²) in [5.41, 5.74) is 0.0772. The minimum absolute atomic E-state index is 0.220. The first-order valence-corrected chi connectivity index (χ1v) is 7.29. The van der Waals surface area contributed by atoms with Crippen molar-refractivity contribution in [2.75, 3.05) is 0 Å². The number of rotatable bonds is 4. The molecule has 0 saturated heterocycles. The van der Waals surface area contributed by atoms with E-state index in [1.807, 2.05) is 0 Å². The lowest BCUT2D eigenvalue weighted by Crippen LogP contribution is -2.27. The molecule has 0 bridgehead atoms. The molecule has 3 rings (SSSR count). The Labute approximate surface area is 117 Å². The minimum atomic E-state index is -0.636. The highest BCUT2D eigenvalue weighted by Gasteiger charge is 2.39. The van der Waals surface area contributed by atoms with E-state index in [0.717, 1.165) is 38.5 Å². The van der Waals surface area contributed by atoms with Crippen molar-refractivity contribution in [1.82, 2.24) is 0 Å². The summed E-state index contributed by atoms with van der Waals surface area (Å²) in [7, 11) is 0. The number of carbonyl (C=O) groups excluding carboxylic acids is 1. The number of isocyanates is 1. The smallest absolute Gasteiger partial charge is 0.235 e. The maximum atomic E-state index is 13.6. The van der Waals surface area contributed by atoms with Gasteiger partial charge in [0.2, 0.25) is 6.08 Å². The van der Waals surface area contributed by atoms with E-state index in [9.17, 15) is 9.18 Å². The van der Waals surface area contributed by atoms with Gasteiger partial charge in [0.15, 0.2) is 0 Å².